The lowest BCUT2D eigenvalue weighted by Gasteiger charge is -2.26. The summed E-state index contributed by atoms with van der Waals surface area (Å²) >= 11 is 0. The summed E-state index contributed by atoms with van der Waals surface area (Å²) in [5, 5.41) is 4.49. The number of benzene rings is 1. The molecule has 0 saturated carbocycles. The lowest BCUT2D eigenvalue weighted by molar-refractivity contribution is -0.134. The van der Waals surface area contributed by atoms with Crippen LogP contribution in [0.1, 0.15) is 43.5 Å². The summed E-state index contributed by atoms with van der Waals surface area (Å²) in [4.78, 5) is 29.9. The zero-order valence-electron chi connectivity index (χ0n) is 18.6. The molecule has 8 heteroatoms. The van der Waals surface area contributed by atoms with Crippen LogP contribution in [0, 0.1) is 0 Å². The van der Waals surface area contributed by atoms with Crippen molar-refractivity contribution in [3.8, 4) is 0 Å². The predicted molar refractivity (Wildman–Crippen MR) is 119 cm³/mol. The zero-order chi connectivity index (χ0) is 21.8. The Morgan fingerprint density at radius 1 is 1.16 bits per heavy atom. The van der Waals surface area contributed by atoms with Crippen LogP contribution < -0.4 is 10.6 Å². The fourth-order valence-electron chi connectivity index (χ4n) is 4.36. The van der Waals surface area contributed by atoms with E-state index in [0.29, 0.717) is 19.6 Å². The quantitative estimate of drug-likeness (QED) is 0.676. The standard InChI is InChI=1S/C23H33N5O3/c1-25(2)19-11-9-18(10-12-19)15-26(16-20-7-6-14-31-20)22(29)17-28-23(30)27-13-5-3-4-8-21(27)24-28/h9-12,20H,3-8,13-17H2,1-2H3. The summed E-state index contributed by atoms with van der Waals surface area (Å²) in [6.07, 6.45) is 5.98. The molecule has 168 valence electrons. The third kappa shape index (κ3) is 5.18. The highest BCUT2D eigenvalue weighted by Crippen LogP contribution is 2.18. The molecule has 1 amide bonds. The summed E-state index contributed by atoms with van der Waals surface area (Å²) in [5.74, 6) is 0.711. The van der Waals surface area contributed by atoms with E-state index >= 15 is 0 Å². The predicted octanol–water partition coefficient (Wildman–Crippen LogP) is 2.04. The summed E-state index contributed by atoms with van der Waals surface area (Å²) < 4.78 is 8.88. The molecule has 1 aromatic carbocycles. The van der Waals surface area contributed by atoms with E-state index in [4.69, 9.17) is 4.74 Å². The minimum Gasteiger partial charge on any atom is -0.378 e. The highest BCUT2D eigenvalue weighted by atomic mass is 16.5. The van der Waals surface area contributed by atoms with Crippen LogP contribution in [0.15, 0.2) is 29.1 Å². The van der Waals surface area contributed by atoms with Gasteiger partial charge in [0, 0.05) is 52.4 Å². The minimum absolute atomic E-state index is 0.0265. The first-order valence-electron chi connectivity index (χ1n) is 11.3. The fourth-order valence-corrected chi connectivity index (χ4v) is 4.36. The molecule has 1 unspecified atom stereocenters. The molecular formula is C23H33N5O3. The van der Waals surface area contributed by atoms with Gasteiger partial charge in [0.15, 0.2) is 0 Å². The Balaban J connectivity index is 1.50. The number of anilines is 1. The number of amides is 1. The summed E-state index contributed by atoms with van der Waals surface area (Å²) in [6, 6.07) is 8.22. The van der Waals surface area contributed by atoms with Gasteiger partial charge >= 0.3 is 5.69 Å². The zero-order valence-corrected chi connectivity index (χ0v) is 18.6. The van der Waals surface area contributed by atoms with Gasteiger partial charge in [-0.15, -0.1) is 0 Å². The molecule has 0 spiro atoms. The first kappa shape index (κ1) is 21.6. The highest BCUT2D eigenvalue weighted by Gasteiger charge is 2.25. The van der Waals surface area contributed by atoms with E-state index in [0.717, 1.165) is 62.2 Å². The summed E-state index contributed by atoms with van der Waals surface area (Å²) in [5.41, 5.74) is 2.01. The lowest BCUT2D eigenvalue weighted by atomic mass is 10.1. The third-order valence-electron chi connectivity index (χ3n) is 6.19. The number of nitrogens with zero attached hydrogens (tertiary/aromatic N) is 5. The van der Waals surface area contributed by atoms with E-state index in [1.807, 2.05) is 23.9 Å². The average molecular weight is 428 g/mol. The molecule has 8 nitrogen and oxygen atoms in total. The van der Waals surface area contributed by atoms with Gasteiger partial charge in [-0.1, -0.05) is 18.6 Å². The topological polar surface area (TPSA) is 72.6 Å². The molecule has 2 aliphatic heterocycles. The summed E-state index contributed by atoms with van der Waals surface area (Å²) in [6.45, 7) is 2.45. The molecule has 4 rings (SSSR count). The number of rotatable bonds is 7. The molecular weight excluding hydrogens is 394 g/mol. The van der Waals surface area contributed by atoms with Crippen LogP contribution in [-0.4, -0.2) is 58.5 Å². The number of hydrogen-bond donors (Lipinski definition) is 0. The van der Waals surface area contributed by atoms with Crippen molar-refractivity contribution in [3.63, 3.8) is 0 Å². The second-order valence-corrected chi connectivity index (χ2v) is 8.79. The Bertz CT molecular complexity index is 941. The largest absolute Gasteiger partial charge is 0.378 e. The Morgan fingerprint density at radius 2 is 1.97 bits per heavy atom. The van der Waals surface area contributed by atoms with E-state index in [1.54, 1.807) is 4.57 Å². The second-order valence-electron chi connectivity index (χ2n) is 8.79. The van der Waals surface area contributed by atoms with E-state index in [2.05, 4.69) is 29.4 Å². The average Bonchev–Trinajstić information content (AvgIpc) is 3.29. The van der Waals surface area contributed by atoms with Gasteiger partial charge in [-0.2, -0.15) is 5.10 Å². The minimum atomic E-state index is -0.169. The van der Waals surface area contributed by atoms with Crippen molar-refractivity contribution in [3.05, 3.63) is 46.1 Å². The molecule has 1 saturated heterocycles. The van der Waals surface area contributed by atoms with Gasteiger partial charge in [0.2, 0.25) is 5.91 Å². The molecule has 1 atom stereocenters. The Hall–Kier alpha value is -2.61. The number of fused-ring (bicyclic) bond motifs is 1. The van der Waals surface area contributed by atoms with Crippen LogP contribution >= 0.6 is 0 Å². The molecule has 0 aliphatic carbocycles. The molecule has 0 radical (unpaired) electrons. The Labute approximate surface area is 183 Å². The smallest absolute Gasteiger partial charge is 0.346 e. The van der Waals surface area contributed by atoms with Crippen molar-refractivity contribution >= 4 is 11.6 Å². The number of carbonyl (C=O) groups excluding carboxylic acids is 1. The molecule has 1 aromatic heterocycles. The molecule has 2 aliphatic rings. The second kappa shape index (κ2) is 9.68. The Morgan fingerprint density at radius 3 is 2.68 bits per heavy atom. The van der Waals surface area contributed by atoms with Gasteiger partial charge < -0.3 is 14.5 Å². The lowest BCUT2D eigenvalue weighted by Crippen LogP contribution is -2.40. The van der Waals surface area contributed by atoms with Gasteiger partial charge in [0.25, 0.3) is 0 Å². The van der Waals surface area contributed by atoms with Crippen LogP contribution in [0.2, 0.25) is 0 Å². The summed E-state index contributed by atoms with van der Waals surface area (Å²) in [7, 11) is 4.01. The van der Waals surface area contributed by atoms with Crippen LogP contribution in [0.3, 0.4) is 0 Å². The van der Waals surface area contributed by atoms with Gasteiger partial charge in [-0.25, -0.2) is 9.48 Å². The molecule has 1 fully saturated rings. The maximum absolute atomic E-state index is 13.3. The maximum Gasteiger partial charge on any atom is 0.346 e. The van der Waals surface area contributed by atoms with E-state index in [-0.39, 0.29) is 24.2 Å². The van der Waals surface area contributed by atoms with Crippen molar-refractivity contribution in [1.29, 1.82) is 0 Å². The number of aromatic nitrogens is 3. The van der Waals surface area contributed by atoms with Gasteiger partial charge in [-0.05, 0) is 43.4 Å². The van der Waals surface area contributed by atoms with Crippen LogP contribution in [0.25, 0.3) is 0 Å². The van der Waals surface area contributed by atoms with E-state index < -0.39 is 0 Å². The third-order valence-corrected chi connectivity index (χ3v) is 6.19. The highest BCUT2D eigenvalue weighted by molar-refractivity contribution is 5.76. The Kier molecular flexibility index (Phi) is 6.75. The molecule has 0 N–H and O–H groups in total. The van der Waals surface area contributed by atoms with E-state index in [9.17, 15) is 9.59 Å². The fraction of sp³-hybridized carbons (Fsp3) is 0.609. The SMILES string of the molecule is CN(C)c1ccc(CN(CC2CCCO2)C(=O)Cn2nc3n(c2=O)CCCCC3)cc1. The van der Waals surface area contributed by atoms with Crippen LogP contribution in [0.5, 0.6) is 0 Å². The first-order chi connectivity index (χ1) is 15.0. The monoisotopic (exact) mass is 427 g/mol. The van der Waals surface area contributed by atoms with Gasteiger partial charge in [0.1, 0.15) is 12.4 Å². The number of carbonyl (C=O) groups is 1. The van der Waals surface area contributed by atoms with E-state index in [1.165, 1.54) is 4.68 Å². The van der Waals surface area contributed by atoms with Crippen molar-refractivity contribution < 1.29 is 9.53 Å². The molecule has 0 bridgehead atoms. The maximum atomic E-state index is 13.3. The number of ether oxygens (including phenoxy) is 1. The molecule has 2 aromatic rings. The van der Waals surface area contributed by atoms with Crippen molar-refractivity contribution in [2.45, 2.75) is 64.3 Å². The normalized spacial score (nSPS) is 18.5. The van der Waals surface area contributed by atoms with Gasteiger partial charge in [-0.3, -0.25) is 9.36 Å². The van der Waals surface area contributed by atoms with Crippen LogP contribution in [-0.2, 0) is 35.6 Å². The molecule has 3 heterocycles. The van der Waals surface area contributed by atoms with Gasteiger partial charge in [0.05, 0.1) is 6.10 Å². The number of aryl methyl sites for hydroxylation is 1. The van der Waals surface area contributed by atoms with Crippen LogP contribution in [0.4, 0.5) is 5.69 Å². The number of hydrogen-bond acceptors (Lipinski definition) is 5. The van der Waals surface area contributed by atoms with Crippen molar-refractivity contribution in [2.24, 2.45) is 0 Å². The van der Waals surface area contributed by atoms with Crippen molar-refractivity contribution in [2.75, 3.05) is 32.1 Å². The van der Waals surface area contributed by atoms with Crippen molar-refractivity contribution in [1.82, 2.24) is 19.2 Å². The molecule has 31 heavy (non-hydrogen) atoms. The first-order valence-corrected chi connectivity index (χ1v) is 11.3.